The maximum atomic E-state index is 12.0. The number of aliphatic carboxylic acids is 1. The average Bonchev–Trinajstić information content (AvgIpc) is 3.23. The molecule has 3 N–H and O–H groups in total. The van der Waals surface area contributed by atoms with E-state index in [1.165, 1.54) is 0 Å². The minimum absolute atomic E-state index is 0.127. The van der Waals surface area contributed by atoms with E-state index in [4.69, 9.17) is 19.7 Å². The number of nitrogens with zero attached hydrogens (tertiary/aromatic N) is 4. The van der Waals surface area contributed by atoms with Crippen molar-refractivity contribution < 1.29 is 42.5 Å². The van der Waals surface area contributed by atoms with E-state index >= 15 is 0 Å². The Labute approximate surface area is 229 Å². The summed E-state index contributed by atoms with van der Waals surface area (Å²) >= 11 is 0. The number of ether oxygens (including phenoxy) is 1. The third-order valence-corrected chi connectivity index (χ3v) is 6.45. The van der Waals surface area contributed by atoms with Crippen LogP contribution in [0.2, 0.25) is 0 Å². The molecule has 0 aromatic carbocycles. The second-order valence-corrected chi connectivity index (χ2v) is 10.7. The fraction of sp³-hybridized carbons (Fsp3) is 0.577. The lowest BCUT2D eigenvalue weighted by atomic mass is 9.90. The van der Waals surface area contributed by atoms with Gasteiger partial charge in [-0.2, -0.15) is 18.3 Å². The van der Waals surface area contributed by atoms with Gasteiger partial charge in [0.2, 0.25) is 0 Å². The van der Waals surface area contributed by atoms with Crippen molar-refractivity contribution in [1.29, 1.82) is 0 Å². The quantitative estimate of drug-likeness (QED) is 0.473. The van der Waals surface area contributed by atoms with E-state index in [9.17, 15) is 27.9 Å². The molecule has 1 amide bonds. The van der Waals surface area contributed by atoms with Gasteiger partial charge in [-0.25, -0.2) is 14.4 Å². The number of aromatic carboxylic acids is 1. The van der Waals surface area contributed by atoms with Crippen LogP contribution in [-0.4, -0.2) is 85.4 Å². The maximum absolute atomic E-state index is 12.0. The first-order valence-corrected chi connectivity index (χ1v) is 12.9. The van der Waals surface area contributed by atoms with Gasteiger partial charge in [0.1, 0.15) is 11.3 Å². The molecule has 1 aliphatic carbocycles. The summed E-state index contributed by atoms with van der Waals surface area (Å²) in [6.07, 6.45) is 2.16. The molecule has 11 nitrogen and oxygen atoms in total. The van der Waals surface area contributed by atoms with E-state index in [2.05, 4.69) is 15.2 Å². The minimum Gasteiger partial charge on any atom is -0.477 e. The normalized spacial score (nSPS) is 15.8. The minimum atomic E-state index is -5.08. The number of aromatic nitrogens is 3. The highest BCUT2D eigenvalue weighted by Crippen LogP contribution is 2.34. The summed E-state index contributed by atoms with van der Waals surface area (Å²) in [5.74, 6) is -3.68. The number of carboxylic acid groups (broad SMARTS) is 2. The number of alkyl carbamates (subject to hydrolysis) is 1. The van der Waals surface area contributed by atoms with E-state index in [0.717, 1.165) is 67.7 Å². The Hall–Kier alpha value is -3.68. The molecular weight excluding hydrogens is 535 g/mol. The molecule has 1 aliphatic heterocycles. The van der Waals surface area contributed by atoms with Crippen LogP contribution in [0.1, 0.15) is 61.6 Å². The third-order valence-electron chi connectivity index (χ3n) is 6.45. The van der Waals surface area contributed by atoms with Crippen LogP contribution in [0.3, 0.4) is 0 Å². The second kappa shape index (κ2) is 12.7. The molecule has 220 valence electrons. The van der Waals surface area contributed by atoms with E-state index in [0.29, 0.717) is 18.7 Å². The number of amides is 1. The molecule has 0 unspecified atom stereocenters. The summed E-state index contributed by atoms with van der Waals surface area (Å²) in [5, 5.41) is 24.6. The first kappa shape index (κ1) is 30.9. The van der Waals surface area contributed by atoms with Gasteiger partial charge >= 0.3 is 24.2 Å². The molecule has 0 atom stereocenters. The number of rotatable bonds is 6. The van der Waals surface area contributed by atoms with E-state index in [-0.39, 0.29) is 12.1 Å². The Kier molecular flexibility index (Phi) is 9.77. The zero-order valence-corrected chi connectivity index (χ0v) is 22.6. The van der Waals surface area contributed by atoms with Gasteiger partial charge in [-0.3, -0.25) is 9.67 Å². The SMILES string of the molecule is CC(C)(C)OC(=O)NC1CCN(CCCn2nc3c(c2C(=O)O)CCc2cnccc2-3)CC1.O=C(O)C(F)(F)F. The van der Waals surface area contributed by atoms with Crippen molar-refractivity contribution in [2.75, 3.05) is 19.6 Å². The van der Waals surface area contributed by atoms with Crippen molar-refractivity contribution >= 4 is 18.0 Å². The number of hydrogen-bond donors (Lipinski definition) is 3. The molecule has 1 fully saturated rings. The van der Waals surface area contributed by atoms with Crippen LogP contribution >= 0.6 is 0 Å². The molecule has 40 heavy (non-hydrogen) atoms. The highest BCUT2D eigenvalue weighted by molar-refractivity contribution is 5.90. The van der Waals surface area contributed by atoms with Gasteiger partial charge in [0.15, 0.2) is 0 Å². The number of aryl methyl sites for hydroxylation is 2. The van der Waals surface area contributed by atoms with E-state index < -0.39 is 23.7 Å². The number of nitrogens with one attached hydrogen (secondary N) is 1. The number of likely N-dealkylation sites (tertiary alicyclic amines) is 1. The largest absolute Gasteiger partial charge is 0.490 e. The monoisotopic (exact) mass is 569 g/mol. The van der Waals surface area contributed by atoms with Crippen LogP contribution in [0.25, 0.3) is 11.3 Å². The van der Waals surface area contributed by atoms with Crippen molar-refractivity contribution in [3.63, 3.8) is 0 Å². The van der Waals surface area contributed by atoms with Crippen LogP contribution < -0.4 is 5.32 Å². The zero-order chi connectivity index (χ0) is 29.7. The number of fused-ring (bicyclic) bond motifs is 3. The Morgan fingerprint density at radius 3 is 2.33 bits per heavy atom. The number of alkyl halides is 3. The predicted octanol–water partition coefficient (Wildman–Crippen LogP) is 3.75. The molecule has 4 rings (SSSR count). The van der Waals surface area contributed by atoms with Crippen molar-refractivity contribution in [3.8, 4) is 11.3 Å². The number of carbonyl (C=O) groups excluding carboxylic acids is 1. The third kappa shape index (κ3) is 8.41. The summed E-state index contributed by atoms with van der Waals surface area (Å²) in [7, 11) is 0. The van der Waals surface area contributed by atoms with Gasteiger partial charge in [-0.15, -0.1) is 0 Å². The lowest BCUT2D eigenvalue weighted by Gasteiger charge is -2.32. The van der Waals surface area contributed by atoms with Crippen molar-refractivity contribution in [1.82, 2.24) is 25.0 Å². The molecule has 0 radical (unpaired) electrons. The summed E-state index contributed by atoms with van der Waals surface area (Å²) < 4.78 is 38.7. The summed E-state index contributed by atoms with van der Waals surface area (Å²) in [6.45, 7) is 8.78. The smallest absolute Gasteiger partial charge is 0.477 e. The van der Waals surface area contributed by atoms with E-state index in [1.54, 1.807) is 10.9 Å². The summed E-state index contributed by atoms with van der Waals surface area (Å²) in [6, 6.07) is 2.05. The number of pyridine rings is 1. The first-order valence-electron chi connectivity index (χ1n) is 12.9. The highest BCUT2D eigenvalue weighted by Gasteiger charge is 2.38. The van der Waals surface area contributed by atoms with Gasteiger partial charge in [0.25, 0.3) is 0 Å². The Balaban J connectivity index is 0.000000559. The van der Waals surface area contributed by atoms with Crippen molar-refractivity contribution in [3.05, 3.63) is 35.3 Å². The molecule has 1 saturated heterocycles. The molecule has 2 aliphatic rings. The fourth-order valence-corrected chi connectivity index (χ4v) is 4.69. The van der Waals surface area contributed by atoms with Crippen LogP contribution in [0.15, 0.2) is 18.5 Å². The molecule has 14 heteroatoms. The summed E-state index contributed by atoms with van der Waals surface area (Å²) in [4.78, 5) is 39.4. The topological polar surface area (TPSA) is 147 Å². The molecular formula is C26H34F3N5O6. The number of carbonyl (C=O) groups is 3. The lowest BCUT2D eigenvalue weighted by Crippen LogP contribution is -2.46. The van der Waals surface area contributed by atoms with E-state index in [1.807, 2.05) is 33.0 Å². The molecule has 2 aromatic heterocycles. The van der Waals surface area contributed by atoms with Crippen molar-refractivity contribution in [2.45, 2.75) is 77.2 Å². The second-order valence-electron chi connectivity index (χ2n) is 10.7. The van der Waals surface area contributed by atoms with Crippen molar-refractivity contribution in [2.24, 2.45) is 0 Å². The van der Waals surface area contributed by atoms with Gasteiger partial charge in [0, 0.05) is 49.2 Å². The molecule has 3 heterocycles. The zero-order valence-electron chi connectivity index (χ0n) is 22.6. The Morgan fingerprint density at radius 2 is 1.75 bits per heavy atom. The molecule has 0 saturated carbocycles. The number of halogens is 3. The molecule has 0 bridgehead atoms. The summed E-state index contributed by atoms with van der Waals surface area (Å²) in [5.41, 5.74) is 3.54. The lowest BCUT2D eigenvalue weighted by molar-refractivity contribution is -0.192. The highest BCUT2D eigenvalue weighted by atomic mass is 19.4. The Bertz CT molecular complexity index is 1220. The van der Waals surface area contributed by atoms with Gasteiger partial charge < -0.3 is 25.2 Å². The Morgan fingerprint density at radius 1 is 1.10 bits per heavy atom. The van der Waals surface area contributed by atoms with Gasteiger partial charge in [-0.1, -0.05) is 0 Å². The van der Waals surface area contributed by atoms with Crippen LogP contribution in [0, 0.1) is 0 Å². The number of hydrogen-bond acceptors (Lipinski definition) is 7. The molecule has 2 aromatic rings. The standard InChI is InChI=1S/C24H33N5O4.C2HF3O2/c1-24(2,3)33-23(32)26-17-8-13-28(14-9-17)11-4-12-29-21(22(30)31)19-6-5-16-15-25-10-7-18(16)20(19)27-29;3-2(4,5)1(6)7/h7,10,15,17H,4-6,8-9,11-14H2,1-3H3,(H,26,32)(H,30,31);(H,6,7). The van der Waals surface area contributed by atoms with Crippen LogP contribution in [-0.2, 0) is 28.9 Å². The van der Waals surface area contributed by atoms with Gasteiger partial charge in [-0.05, 0) is 71.0 Å². The molecule has 0 spiro atoms. The first-order chi connectivity index (χ1) is 18.7. The van der Waals surface area contributed by atoms with Gasteiger partial charge in [0.05, 0.1) is 5.69 Å². The van der Waals surface area contributed by atoms with Crippen LogP contribution in [0.5, 0.6) is 0 Å². The predicted molar refractivity (Wildman–Crippen MR) is 137 cm³/mol. The fourth-order valence-electron chi connectivity index (χ4n) is 4.69. The maximum Gasteiger partial charge on any atom is 0.490 e. The average molecular weight is 570 g/mol. The number of piperidine rings is 1. The van der Waals surface area contributed by atoms with Crippen LogP contribution in [0.4, 0.5) is 18.0 Å². The number of carboxylic acids is 2.